The first kappa shape index (κ1) is 10.8. The third kappa shape index (κ3) is 3.17. The summed E-state index contributed by atoms with van der Waals surface area (Å²) in [5, 5.41) is 9.86. The molecule has 3 N–H and O–H groups in total. The predicted octanol–water partition coefficient (Wildman–Crippen LogP) is 1.90. The number of aliphatic hydroxyl groups excluding tert-OH is 1. The number of rotatable bonds is 3. The number of hydrogen-bond acceptors (Lipinski definition) is 4. The number of halogens is 1. The number of nitrogen functional groups attached to an aromatic ring is 1. The van der Waals surface area contributed by atoms with Gasteiger partial charge in [-0.2, -0.15) is 0 Å². The van der Waals surface area contributed by atoms with Gasteiger partial charge in [-0.05, 0) is 22.0 Å². The van der Waals surface area contributed by atoms with Crippen molar-refractivity contribution in [2.75, 3.05) is 12.3 Å². The zero-order valence-corrected chi connectivity index (χ0v) is 9.60. The van der Waals surface area contributed by atoms with Gasteiger partial charge in [0.05, 0.1) is 23.0 Å². The highest BCUT2D eigenvalue weighted by molar-refractivity contribution is 9.10. The Labute approximate surface area is 89.9 Å². The molecule has 1 heterocycles. The van der Waals surface area contributed by atoms with Gasteiger partial charge in [0.25, 0.3) is 0 Å². The fraction of sp³-hybridized carbons (Fsp3) is 0.375. The van der Waals surface area contributed by atoms with Gasteiger partial charge in [-0.3, -0.25) is 0 Å². The van der Waals surface area contributed by atoms with E-state index in [2.05, 4.69) is 20.9 Å². The Kier molecular flexibility index (Phi) is 4.02. The van der Waals surface area contributed by atoms with Gasteiger partial charge in [-0.1, -0.05) is 18.7 Å². The first-order chi connectivity index (χ1) is 6.13. The van der Waals surface area contributed by atoms with Gasteiger partial charge in [-0.25, -0.2) is 4.98 Å². The summed E-state index contributed by atoms with van der Waals surface area (Å²) in [6, 6.07) is 1.80. The number of nitrogens with zero attached hydrogens (tertiary/aromatic N) is 1. The summed E-state index contributed by atoms with van der Waals surface area (Å²) in [5.41, 5.74) is 6.17. The minimum absolute atomic E-state index is 0.142. The highest BCUT2D eigenvalue weighted by atomic mass is 79.9. The van der Waals surface area contributed by atoms with Crippen molar-refractivity contribution >= 4 is 33.4 Å². The van der Waals surface area contributed by atoms with Crippen LogP contribution in [0.4, 0.5) is 5.69 Å². The molecule has 1 rings (SSSR count). The molecule has 0 spiro atoms. The topological polar surface area (TPSA) is 59.1 Å². The summed E-state index contributed by atoms with van der Waals surface area (Å²) < 4.78 is 0.873. The number of thioether (sulfide) groups is 1. The molecule has 0 bridgehead atoms. The van der Waals surface area contributed by atoms with E-state index < -0.39 is 0 Å². The van der Waals surface area contributed by atoms with Crippen LogP contribution in [-0.2, 0) is 0 Å². The average molecular weight is 263 g/mol. The van der Waals surface area contributed by atoms with Crippen molar-refractivity contribution in [3.05, 3.63) is 16.7 Å². The summed E-state index contributed by atoms with van der Waals surface area (Å²) >= 11 is 4.88. The molecule has 0 radical (unpaired) electrons. The number of pyridine rings is 1. The third-order valence-electron chi connectivity index (χ3n) is 1.40. The molecule has 1 aromatic rings. The standard InChI is InChI=1S/C8H11BrN2OS/c1-5(4-12)13-8-7(9)2-6(10)3-11-8/h2-3,5,12H,4,10H2,1H3. The van der Waals surface area contributed by atoms with Gasteiger partial charge in [0, 0.05) is 5.25 Å². The second kappa shape index (κ2) is 4.83. The second-order valence-electron chi connectivity index (χ2n) is 2.67. The fourth-order valence-corrected chi connectivity index (χ4v) is 2.14. The Hall–Kier alpha value is -0.260. The number of anilines is 1. The van der Waals surface area contributed by atoms with Gasteiger partial charge < -0.3 is 10.8 Å². The minimum atomic E-state index is 0.142. The van der Waals surface area contributed by atoms with Crippen LogP contribution >= 0.6 is 27.7 Å². The molecule has 1 aromatic heterocycles. The van der Waals surface area contributed by atoms with Crippen LogP contribution in [0.15, 0.2) is 21.8 Å². The first-order valence-corrected chi connectivity index (χ1v) is 5.49. The van der Waals surface area contributed by atoms with Gasteiger partial charge in [0.2, 0.25) is 0 Å². The molecule has 0 saturated carbocycles. The van der Waals surface area contributed by atoms with E-state index in [1.807, 2.05) is 6.92 Å². The smallest absolute Gasteiger partial charge is 0.111 e. The summed E-state index contributed by atoms with van der Waals surface area (Å²) in [4.78, 5) is 4.15. The Morgan fingerprint density at radius 1 is 1.77 bits per heavy atom. The Bertz CT molecular complexity index is 295. The fourth-order valence-electron chi connectivity index (χ4n) is 0.755. The number of aliphatic hydroxyl groups is 1. The molecule has 0 aliphatic carbocycles. The number of aromatic nitrogens is 1. The van der Waals surface area contributed by atoms with E-state index in [0.717, 1.165) is 9.50 Å². The summed E-state index contributed by atoms with van der Waals surface area (Å²) in [7, 11) is 0. The maximum Gasteiger partial charge on any atom is 0.111 e. The highest BCUT2D eigenvalue weighted by Crippen LogP contribution is 2.29. The maximum absolute atomic E-state index is 8.85. The van der Waals surface area contributed by atoms with Crippen molar-refractivity contribution in [2.24, 2.45) is 0 Å². The molecule has 5 heteroatoms. The molecular formula is C8H11BrN2OS. The van der Waals surface area contributed by atoms with Crippen molar-refractivity contribution in [3.8, 4) is 0 Å². The normalized spacial score (nSPS) is 12.8. The van der Waals surface area contributed by atoms with Crippen molar-refractivity contribution in [3.63, 3.8) is 0 Å². The predicted molar refractivity (Wildman–Crippen MR) is 58.8 cm³/mol. The summed E-state index contributed by atoms with van der Waals surface area (Å²) in [5.74, 6) is 0. The van der Waals surface area contributed by atoms with Gasteiger partial charge in [0.1, 0.15) is 5.03 Å². The average Bonchev–Trinajstić information content (AvgIpc) is 2.09. The lowest BCUT2D eigenvalue weighted by Crippen LogP contribution is -2.02. The molecule has 0 saturated heterocycles. The summed E-state index contributed by atoms with van der Waals surface area (Å²) in [6.07, 6.45) is 1.61. The molecule has 1 atom stereocenters. The molecule has 0 aromatic carbocycles. The van der Waals surface area contributed by atoms with Crippen LogP contribution in [0.2, 0.25) is 0 Å². The minimum Gasteiger partial charge on any atom is -0.397 e. The van der Waals surface area contributed by atoms with Crippen LogP contribution in [0.3, 0.4) is 0 Å². The molecule has 72 valence electrons. The molecule has 13 heavy (non-hydrogen) atoms. The van der Waals surface area contributed by atoms with Crippen molar-refractivity contribution < 1.29 is 5.11 Å². The van der Waals surface area contributed by atoms with Crippen LogP contribution in [-0.4, -0.2) is 21.9 Å². The van der Waals surface area contributed by atoms with Crippen LogP contribution in [0.25, 0.3) is 0 Å². The summed E-state index contributed by atoms with van der Waals surface area (Å²) in [6.45, 7) is 2.08. The zero-order chi connectivity index (χ0) is 9.84. The molecule has 0 fully saturated rings. The van der Waals surface area contributed by atoms with E-state index >= 15 is 0 Å². The monoisotopic (exact) mass is 262 g/mol. The Morgan fingerprint density at radius 2 is 2.46 bits per heavy atom. The van der Waals surface area contributed by atoms with E-state index in [0.29, 0.717) is 5.69 Å². The number of hydrogen-bond donors (Lipinski definition) is 2. The lowest BCUT2D eigenvalue weighted by atomic mass is 10.4. The van der Waals surface area contributed by atoms with Crippen LogP contribution < -0.4 is 5.73 Å². The largest absolute Gasteiger partial charge is 0.397 e. The molecule has 0 aliphatic heterocycles. The third-order valence-corrected chi connectivity index (χ3v) is 3.37. The first-order valence-electron chi connectivity index (χ1n) is 3.82. The van der Waals surface area contributed by atoms with E-state index in [9.17, 15) is 0 Å². The lowest BCUT2D eigenvalue weighted by Gasteiger charge is -2.08. The van der Waals surface area contributed by atoms with Crippen molar-refractivity contribution in [1.29, 1.82) is 0 Å². The van der Waals surface area contributed by atoms with E-state index in [1.165, 1.54) is 11.8 Å². The van der Waals surface area contributed by atoms with Crippen LogP contribution in [0.5, 0.6) is 0 Å². The molecule has 1 unspecified atom stereocenters. The van der Waals surface area contributed by atoms with Gasteiger partial charge in [-0.15, -0.1) is 0 Å². The van der Waals surface area contributed by atoms with Crippen molar-refractivity contribution in [1.82, 2.24) is 4.98 Å². The maximum atomic E-state index is 8.85. The van der Waals surface area contributed by atoms with Gasteiger partial charge in [0.15, 0.2) is 0 Å². The number of nitrogens with two attached hydrogens (primary N) is 1. The van der Waals surface area contributed by atoms with Crippen LogP contribution in [0, 0.1) is 0 Å². The van der Waals surface area contributed by atoms with E-state index in [-0.39, 0.29) is 11.9 Å². The molecule has 0 amide bonds. The molecule has 0 aliphatic rings. The second-order valence-corrected chi connectivity index (χ2v) is 4.95. The molecular weight excluding hydrogens is 252 g/mol. The molecule has 3 nitrogen and oxygen atoms in total. The van der Waals surface area contributed by atoms with Gasteiger partial charge >= 0.3 is 0 Å². The Balaban J connectivity index is 2.77. The quantitative estimate of drug-likeness (QED) is 0.818. The lowest BCUT2D eigenvalue weighted by molar-refractivity contribution is 0.300. The van der Waals surface area contributed by atoms with Crippen LogP contribution in [0.1, 0.15) is 6.92 Å². The van der Waals surface area contributed by atoms with E-state index in [4.69, 9.17) is 10.8 Å². The van der Waals surface area contributed by atoms with Crippen molar-refractivity contribution in [2.45, 2.75) is 17.2 Å². The SMILES string of the molecule is CC(CO)Sc1ncc(N)cc1Br. The zero-order valence-electron chi connectivity index (χ0n) is 7.20. The Morgan fingerprint density at radius 3 is 3.00 bits per heavy atom. The van der Waals surface area contributed by atoms with E-state index in [1.54, 1.807) is 12.3 Å². The highest BCUT2D eigenvalue weighted by Gasteiger charge is 2.07.